The summed E-state index contributed by atoms with van der Waals surface area (Å²) in [6.07, 6.45) is 0.639. The van der Waals surface area contributed by atoms with Gasteiger partial charge in [0.25, 0.3) is 0 Å². The summed E-state index contributed by atoms with van der Waals surface area (Å²) in [6, 6.07) is 5.50. The molecule has 0 N–H and O–H groups in total. The van der Waals surface area contributed by atoms with Gasteiger partial charge >= 0.3 is 0 Å². The van der Waals surface area contributed by atoms with Crippen molar-refractivity contribution in [3.05, 3.63) is 30.1 Å². The third kappa shape index (κ3) is 1.59. The minimum Gasteiger partial charge on any atom is -0.270 e. The molecule has 1 saturated heterocycles. The Kier molecular flexibility index (Phi) is 2.19. The maximum absolute atomic E-state index is 12.6. The van der Waals surface area contributed by atoms with Gasteiger partial charge in [-0.05, 0) is 30.7 Å². The molecule has 14 heavy (non-hydrogen) atoms. The van der Waals surface area contributed by atoms with Crippen LogP contribution in [0.2, 0.25) is 0 Å². The summed E-state index contributed by atoms with van der Waals surface area (Å²) >= 11 is 0. The summed E-state index contributed by atoms with van der Waals surface area (Å²) in [5.41, 5.74) is 0.545. The fraction of sp³-hybridized carbons (Fsp3) is 0.333. The van der Waals surface area contributed by atoms with Crippen LogP contribution in [0.3, 0.4) is 0 Å². The fourth-order valence-corrected chi connectivity index (χ4v) is 3.10. The van der Waals surface area contributed by atoms with E-state index in [1.165, 1.54) is 28.6 Å². The van der Waals surface area contributed by atoms with Gasteiger partial charge in [-0.1, -0.05) is 0 Å². The molecule has 1 aliphatic rings. The third-order valence-corrected chi connectivity index (χ3v) is 4.08. The molecule has 0 unspecified atom stereocenters. The molecule has 0 spiro atoms. The van der Waals surface area contributed by atoms with E-state index in [1.54, 1.807) is 0 Å². The standard InChI is InChI=1S/C9H10FNO2S/c10-8-2-4-9(5-3-8)11-6-1-7-14(11,12)13/h2-5H,1,6-7H2. The van der Waals surface area contributed by atoms with Crippen molar-refractivity contribution in [3.63, 3.8) is 0 Å². The summed E-state index contributed by atoms with van der Waals surface area (Å²) < 4.78 is 36.9. The van der Waals surface area contributed by atoms with Gasteiger partial charge in [0.05, 0.1) is 11.4 Å². The van der Waals surface area contributed by atoms with E-state index in [-0.39, 0.29) is 11.6 Å². The zero-order valence-electron chi connectivity index (χ0n) is 7.48. The van der Waals surface area contributed by atoms with E-state index in [0.717, 1.165) is 0 Å². The lowest BCUT2D eigenvalue weighted by molar-refractivity contribution is 0.599. The van der Waals surface area contributed by atoms with Gasteiger partial charge in [-0.3, -0.25) is 4.31 Å². The van der Waals surface area contributed by atoms with Gasteiger partial charge in [0.1, 0.15) is 5.82 Å². The van der Waals surface area contributed by atoms with Crippen LogP contribution in [0.1, 0.15) is 6.42 Å². The van der Waals surface area contributed by atoms with Gasteiger partial charge in [-0.15, -0.1) is 0 Å². The topological polar surface area (TPSA) is 37.4 Å². The first-order valence-electron chi connectivity index (χ1n) is 4.35. The molecule has 76 valence electrons. The highest BCUT2D eigenvalue weighted by Crippen LogP contribution is 2.23. The molecule has 0 amide bonds. The lowest BCUT2D eigenvalue weighted by Gasteiger charge is -2.16. The quantitative estimate of drug-likeness (QED) is 0.709. The van der Waals surface area contributed by atoms with E-state index in [0.29, 0.717) is 18.7 Å². The van der Waals surface area contributed by atoms with Crippen LogP contribution in [0, 0.1) is 5.82 Å². The molecule has 1 fully saturated rings. The number of hydrogen-bond donors (Lipinski definition) is 0. The summed E-state index contributed by atoms with van der Waals surface area (Å²) in [5, 5.41) is 0. The van der Waals surface area contributed by atoms with E-state index >= 15 is 0 Å². The van der Waals surface area contributed by atoms with Crippen molar-refractivity contribution < 1.29 is 12.8 Å². The summed E-state index contributed by atoms with van der Waals surface area (Å²) in [7, 11) is -3.14. The molecular weight excluding hydrogens is 205 g/mol. The fourth-order valence-electron chi connectivity index (χ4n) is 1.54. The van der Waals surface area contributed by atoms with E-state index in [2.05, 4.69) is 0 Å². The van der Waals surface area contributed by atoms with Crippen molar-refractivity contribution in [1.82, 2.24) is 0 Å². The minimum atomic E-state index is -3.14. The van der Waals surface area contributed by atoms with Crippen LogP contribution in [0.5, 0.6) is 0 Å². The highest BCUT2D eigenvalue weighted by atomic mass is 32.2. The second kappa shape index (κ2) is 3.24. The van der Waals surface area contributed by atoms with Crippen molar-refractivity contribution in [2.45, 2.75) is 6.42 Å². The van der Waals surface area contributed by atoms with Crippen molar-refractivity contribution in [2.24, 2.45) is 0 Å². The van der Waals surface area contributed by atoms with E-state index in [9.17, 15) is 12.8 Å². The molecule has 1 heterocycles. The van der Waals surface area contributed by atoms with E-state index in [4.69, 9.17) is 0 Å². The largest absolute Gasteiger partial charge is 0.270 e. The summed E-state index contributed by atoms with van der Waals surface area (Å²) in [4.78, 5) is 0. The van der Waals surface area contributed by atoms with Crippen LogP contribution in [0.15, 0.2) is 24.3 Å². The van der Waals surface area contributed by atoms with Gasteiger partial charge < -0.3 is 0 Å². The molecule has 0 saturated carbocycles. The molecule has 3 nitrogen and oxygen atoms in total. The van der Waals surface area contributed by atoms with E-state index < -0.39 is 10.0 Å². The molecule has 1 aromatic rings. The number of benzene rings is 1. The molecule has 0 aromatic heterocycles. The molecular formula is C9H10FNO2S. The normalized spacial score (nSPS) is 19.9. The zero-order chi connectivity index (χ0) is 10.2. The maximum Gasteiger partial charge on any atom is 0.235 e. The second-order valence-electron chi connectivity index (χ2n) is 3.22. The first-order chi connectivity index (χ1) is 6.59. The lowest BCUT2D eigenvalue weighted by Crippen LogP contribution is -2.24. The number of nitrogens with zero attached hydrogens (tertiary/aromatic N) is 1. The summed E-state index contributed by atoms with van der Waals surface area (Å²) in [6.45, 7) is 0.494. The SMILES string of the molecule is O=S1(=O)CCCN1c1ccc(F)cc1. The predicted molar refractivity (Wildman–Crippen MR) is 52.1 cm³/mol. The molecule has 1 aromatic carbocycles. The average molecular weight is 215 g/mol. The number of halogens is 1. The van der Waals surface area contributed by atoms with Gasteiger partial charge in [0.15, 0.2) is 0 Å². The van der Waals surface area contributed by atoms with E-state index in [1.807, 2.05) is 0 Å². The highest BCUT2D eigenvalue weighted by Gasteiger charge is 2.28. The van der Waals surface area contributed by atoms with Gasteiger partial charge in [0.2, 0.25) is 10.0 Å². The zero-order valence-corrected chi connectivity index (χ0v) is 8.30. The average Bonchev–Trinajstić information content (AvgIpc) is 2.47. The lowest BCUT2D eigenvalue weighted by atomic mass is 10.3. The Bertz CT molecular complexity index is 427. The number of sulfonamides is 1. The Labute approximate surface area is 82.2 Å². The first kappa shape index (κ1) is 9.45. The van der Waals surface area contributed by atoms with Crippen molar-refractivity contribution >= 4 is 15.7 Å². The summed E-state index contributed by atoms with van der Waals surface area (Å²) in [5.74, 6) is -0.171. The second-order valence-corrected chi connectivity index (χ2v) is 5.23. The minimum absolute atomic E-state index is 0.185. The Morgan fingerprint density at radius 3 is 2.36 bits per heavy atom. The number of anilines is 1. The molecule has 2 rings (SSSR count). The smallest absolute Gasteiger partial charge is 0.235 e. The van der Waals surface area contributed by atoms with Crippen LogP contribution in [-0.2, 0) is 10.0 Å². The van der Waals surface area contributed by atoms with Crippen LogP contribution in [0.25, 0.3) is 0 Å². The Morgan fingerprint density at radius 2 is 1.86 bits per heavy atom. The van der Waals surface area contributed by atoms with Crippen LogP contribution < -0.4 is 4.31 Å². The van der Waals surface area contributed by atoms with Crippen molar-refractivity contribution in [2.75, 3.05) is 16.6 Å². The van der Waals surface area contributed by atoms with Crippen LogP contribution in [0.4, 0.5) is 10.1 Å². The van der Waals surface area contributed by atoms with Crippen molar-refractivity contribution in [3.8, 4) is 0 Å². The molecule has 1 aliphatic heterocycles. The van der Waals surface area contributed by atoms with Gasteiger partial charge in [-0.2, -0.15) is 0 Å². The van der Waals surface area contributed by atoms with Gasteiger partial charge in [0, 0.05) is 6.54 Å². The van der Waals surface area contributed by atoms with Crippen LogP contribution in [-0.4, -0.2) is 20.7 Å². The number of hydrogen-bond acceptors (Lipinski definition) is 2. The monoisotopic (exact) mass is 215 g/mol. The third-order valence-electron chi connectivity index (χ3n) is 2.21. The van der Waals surface area contributed by atoms with Crippen LogP contribution >= 0.6 is 0 Å². The molecule has 0 atom stereocenters. The Hall–Kier alpha value is -1.10. The highest BCUT2D eigenvalue weighted by molar-refractivity contribution is 7.93. The maximum atomic E-state index is 12.6. The number of rotatable bonds is 1. The molecule has 5 heteroatoms. The van der Waals surface area contributed by atoms with Crippen molar-refractivity contribution in [1.29, 1.82) is 0 Å². The first-order valence-corrected chi connectivity index (χ1v) is 5.96. The molecule has 0 bridgehead atoms. The van der Waals surface area contributed by atoms with Gasteiger partial charge in [-0.25, -0.2) is 12.8 Å². The predicted octanol–water partition coefficient (Wildman–Crippen LogP) is 1.37. The Morgan fingerprint density at radius 1 is 1.21 bits per heavy atom. The Balaban J connectivity index is 2.36. The molecule has 0 radical (unpaired) electrons. The molecule has 0 aliphatic carbocycles.